The lowest BCUT2D eigenvalue weighted by Gasteiger charge is -2.26. The van der Waals surface area contributed by atoms with Crippen molar-refractivity contribution >= 4 is 5.97 Å². The standard InChI is InChI=1S/C14H16FN3O2/c1-17(9-13(19)20)14(11-7-16-18(2)8-11)10-4-3-5-12(15)6-10/h3-8,14H,9H2,1-2H3,(H,19,20)/t14-/m1/s1. The van der Waals surface area contributed by atoms with Crippen molar-refractivity contribution < 1.29 is 14.3 Å². The van der Waals surface area contributed by atoms with Crippen molar-refractivity contribution in [1.82, 2.24) is 14.7 Å². The van der Waals surface area contributed by atoms with Gasteiger partial charge in [0.1, 0.15) is 5.82 Å². The van der Waals surface area contributed by atoms with Gasteiger partial charge in [-0.25, -0.2) is 4.39 Å². The number of benzene rings is 1. The first-order valence-corrected chi connectivity index (χ1v) is 6.13. The molecule has 20 heavy (non-hydrogen) atoms. The molecule has 0 unspecified atom stereocenters. The van der Waals surface area contributed by atoms with Crippen LogP contribution in [0.2, 0.25) is 0 Å². The molecule has 6 heteroatoms. The summed E-state index contributed by atoms with van der Waals surface area (Å²) in [4.78, 5) is 12.6. The molecule has 0 radical (unpaired) electrons. The zero-order valence-electron chi connectivity index (χ0n) is 11.3. The highest BCUT2D eigenvalue weighted by Gasteiger charge is 2.22. The van der Waals surface area contributed by atoms with Gasteiger partial charge in [0.15, 0.2) is 0 Å². The first-order chi connectivity index (χ1) is 9.47. The highest BCUT2D eigenvalue weighted by Crippen LogP contribution is 2.27. The van der Waals surface area contributed by atoms with Crippen molar-refractivity contribution in [2.75, 3.05) is 13.6 Å². The number of rotatable bonds is 5. The van der Waals surface area contributed by atoms with E-state index in [4.69, 9.17) is 5.11 Å². The van der Waals surface area contributed by atoms with Crippen LogP contribution in [0.15, 0.2) is 36.7 Å². The second kappa shape index (κ2) is 5.83. The maximum absolute atomic E-state index is 13.4. The summed E-state index contributed by atoms with van der Waals surface area (Å²) in [5.74, 6) is -1.28. The third kappa shape index (κ3) is 3.21. The summed E-state index contributed by atoms with van der Waals surface area (Å²) in [6, 6.07) is 5.81. The van der Waals surface area contributed by atoms with Crippen LogP contribution in [0.5, 0.6) is 0 Å². The molecule has 0 fully saturated rings. The van der Waals surface area contributed by atoms with Crippen LogP contribution in [0.25, 0.3) is 0 Å². The monoisotopic (exact) mass is 277 g/mol. The number of carbonyl (C=O) groups is 1. The topological polar surface area (TPSA) is 58.4 Å². The van der Waals surface area contributed by atoms with Crippen LogP contribution in [0.4, 0.5) is 4.39 Å². The summed E-state index contributed by atoms with van der Waals surface area (Å²) in [6.07, 6.45) is 3.46. The molecule has 0 saturated heterocycles. The Bertz CT molecular complexity index is 612. The van der Waals surface area contributed by atoms with Crippen LogP contribution in [0, 0.1) is 5.82 Å². The van der Waals surface area contributed by atoms with Crippen molar-refractivity contribution in [3.8, 4) is 0 Å². The summed E-state index contributed by atoms with van der Waals surface area (Å²) in [5, 5.41) is 13.0. The number of likely N-dealkylation sites (N-methyl/N-ethyl adjacent to an activating group) is 1. The van der Waals surface area contributed by atoms with Gasteiger partial charge in [-0.1, -0.05) is 12.1 Å². The van der Waals surface area contributed by atoms with Crippen molar-refractivity contribution in [1.29, 1.82) is 0 Å². The predicted octanol–water partition coefficient (Wildman–Crippen LogP) is 1.67. The van der Waals surface area contributed by atoms with E-state index in [0.717, 1.165) is 5.56 Å². The van der Waals surface area contributed by atoms with E-state index in [0.29, 0.717) is 5.56 Å². The molecule has 0 saturated carbocycles. The van der Waals surface area contributed by atoms with Gasteiger partial charge in [-0.3, -0.25) is 14.4 Å². The van der Waals surface area contributed by atoms with E-state index in [1.54, 1.807) is 48.2 Å². The van der Waals surface area contributed by atoms with Gasteiger partial charge in [0, 0.05) is 18.8 Å². The van der Waals surface area contributed by atoms with Gasteiger partial charge < -0.3 is 5.11 Å². The van der Waals surface area contributed by atoms with Crippen molar-refractivity contribution in [3.05, 3.63) is 53.6 Å². The minimum absolute atomic E-state index is 0.143. The lowest BCUT2D eigenvalue weighted by Crippen LogP contribution is -2.30. The smallest absolute Gasteiger partial charge is 0.317 e. The zero-order chi connectivity index (χ0) is 14.7. The van der Waals surface area contributed by atoms with Crippen LogP contribution in [-0.2, 0) is 11.8 Å². The summed E-state index contributed by atoms with van der Waals surface area (Å²) in [7, 11) is 3.47. The molecule has 2 aromatic rings. The van der Waals surface area contributed by atoms with Gasteiger partial charge in [-0.2, -0.15) is 5.10 Å². The quantitative estimate of drug-likeness (QED) is 0.903. The Kier molecular flexibility index (Phi) is 4.14. The lowest BCUT2D eigenvalue weighted by molar-refractivity contribution is -0.138. The highest BCUT2D eigenvalue weighted by molar-refractivity contribution is 5.69. The molecular weight excluding hydrogens is 261 g/mol. The third-order valence-corrected chi connectivity index (χ3v) is 3.03. The van der Waals surface area contributed by atoms with Crippen LogP contribution in [-0.4, -0.2) is 39.3 Å². The molecule has 1 atom stereocenters. The van der Waals surface area contributed by atoms with Crippen LogP contribution in [0.3, 0.4) is 0 Å². The van der Waals surface area contributed by atoms with E-state index < -0.39 is 5.97 Å². The van der Waals surface area contributed by atoms with E-state index in [1.165, 1.54) is 12.1 Å². The fourth-order valence-electron chi connectivity index (χ4n) is 2.26. The maximum Gasteiger partial charge on any atom is 0.317 e. The largest absolute Gasteiger partial charge is 0.480 e. The average molecular weight is 277 g/mol. The van der Waals surface area contributed by atoms with Gasteiger partial charge in [-0.05, 0) is 24.7 Å². The summed E-state index contributed by atoms with van der Waals surface area (Å²) < 4.78 is 15.1. The second-order valence-corrected chi connectivity index (χ2v) is 4.71. The first kappa shape index (κ1) is 14.2. The van der Waals surface area contributed by atoms with Crippen molar-refractivity contribution in [2.45, 2.75) is 6.04 Å². The van der Waals surface area contributed by atoms with Crippen molar-refractivity contribution in [3.63, 3.8) is 0 Å². The van der Waals surface area contributed by atoms with Crippen LogP contribution >= 0.6 is 0 Å². The van der Waals surface area contributed by atoms with E-state index >= 15 is 0 Å². The normalized spacial score (nSPS) is 12.6. The molecule has 0 aliphatic carbocycles. The van der Waals surface area contributed by atoms with E-state index in [9.17, 15) is 9.18 Å². The molecule has 1 heterocycles. The SMILES string of the molecule is CN(CC(=O)O)[C@H](c1cccc(F)c1)c1cnn(C)c1. The Morgan fingerprint density at radius 2 is 2.25 bits per heavy atom. The minimum Gasteiger partial charge on any atom is -0.480 e. The Balaban J connectivity index is 2.41. The first-order valence-electron chi connectivity index (χ1n) is 6.13. The number of hydrogen-bond donors (Lipinski definition) is 1. The fraction of sp³-hybridized carbons (Fsp3) is 0.286. The Labute approximate surface area is 116 Å². The van der Waals surface area contributed by atoms with Gasteiger partial charge in [0.2, 0.25) is 0 Å². The van der Waals surface area contributed by atoms with E-state index in [-0.39, 0.29) is 18.4 Å². The number of aromatic nitrogens is 2. The lowest BCUT2D eigenvalue weighted by atomic mass is 10.00. The average Bonchev–Trinajstić information content (AvgIpc) is 2.75. The molecule has 0 amide bonds. The Hall–Kier alpha value is -2.21. The number of carboxylic acid groups (broad SMARTS) is 1. The number of aryl methyl sites for hydroxylation is 1. The van der Waals surface area contributed by atoms with Crippen LogP contribution < -0.4 is 0 Å². The van der Waals surface area contributed by atoms with Gasteiger partial charge in [0.05, 0.1) is 18.8 Å². The predicted molar refractivity (Wildman–Crippen MR) is 71.7 cm³/mol. The Morgan fingerprint density at radius 3 is 2.80 bits per heavy atom. The molecule has 1 N–H and O–H groups in total. The number of aliphatic carboxylic acids is 1. The number of hydrogen-bond acceptors (Lipinski definition) is 3. The molecule has 1 aromatic heterocycles. The number of halogens is 1. The summed E-state index contributed by atoms with van der Waals surface area (Å²) in [5.41, 5.74) is 1.52. The van der Waals surface area contributed by atoms with Crippen LogP contribution in [0.1, 0.15) is 17.2 Å². The highest BCUT2D eigenvalue weighted by atomic mass is 19.1. The molecule has 5 nitrogen and oxygen atoms in total. The number of carboxylic acids is 1. The fourth-order valence-corrected chi connectivity index (χ4v) is 2.26. The molecule has 0 spiro atoms. The molecular formula is C14H16FN3O2. The number of nitrogens with zero attached hydrogens (tertiary/aromatic N) is 3. The second-order valence-electron chi connectivity index (χ2n) is 4.71. The molecule has 0 aliphatic rings. The Morgan fingerprint density at radius 1 is 1.50 bits per heavy atom. The maximum atomic E-state index is 13.4. The molecule has 0 aliphatic heterocycles. The van der Waals surface area contributed by atoms with E-state index in [2.05, 4.69) is 5.10 Å². The van der Waals surface area contributed by atoms with Crippen molar-refractivity contribution in [2.24, 2.45) is 7.05 Å². The van der Waals surface area contributed by atoms with Gasteiger partial charge >= 0.3 is 5.97 Å². The van der Waals surface area contributed by atoms with Gasteiger partial charge in [-0.15, -0.1) is 0 Å². The summed E-state index contributed by atoms with van der Waals surface area (Å²) >= 11 is 0. The molecule has 0 bridgehead atoms. The molecule has 2 rings (SSSR count). The van der Waals surface area contributed by atoms with Gasteiger partial charge in [0.25, 0.3) is 0 Å². The third-order valence-electron chi connectivity index (χ3n) is 3.03. The summed E-state index contributed by atoms with van der Waals surface area (Å²) in [6.45, 7) is -0.143. The zero-order valence-corrected chi connectivity index (χ0v) is 11.3. The molecule has 1 aromatic carbocycles. The van der Waals surface area contributed by atoms with E-state index in [1.807, 2.05) is 0 Å². The molecule has 106 valence electrons. The minimum atomic E-state index is -0.933.